The third kappa shape index (κ3) is 2.49. The average Bonchev–Trinajstić information content (AvgIpc) is 2.62. The number of nitrogens with one attached hydrogen (secondary N) is 1. The molecule has 0 saturated carbocycles. The van der Waals surface area contributed by atoms with Crippen LogP contribution in [0.1, 0.15) is 5.82 Å². The molecule has 0 amide bonds. The number of hydrogen-bond donors (Lipinski definition) is 1. The van der Waals surface area contributed by atoms with Gasteiger partial charge in [0, 0.05) is 25.0 Å². The summed E-state index contributed by atoms with van der Waals surface area (Å²) in [4.78, 5) is 7.49. The van der Waals surface area contributed by atoms with E-state index in [1.165, 1.54) is 12.3 Å². The van der Waals surface area contributed by atoms with Crippen LogP contribution < -0.4 is 5.32 Å². The summed E-state index contributed by atoms with van der Waals surface area (Å²) in [6.07, 6.45) is 3.02. The maximum Gasteiger partial charge on any atom is 0.214 e. The van der Waals surface area contributed by atoms with Crippen molar-refractivity contribution in [2.75, 3.05) is 5.32 Å². The third-order valence-corrected chi connectivity index (χ3v) is 1.82. The highest BCUT2D eigenvalue weighted by molar-refractivity contribution is 5.41. The minimum atomic E-state index is -0.506. The van der Waals surface area contributed by atoms with Crippen LogP contribution in [-0.4, -0.2) is 19.7 Å². The largest absolute Gasteiger partial charge is 0.377 e. The number of halogens is 1. The minimum Gasteiger partial charge on any atom is -0.377 e. The van der Waals surface area contributed by atoms with Gasteiger partial charge < -0.3 is 5.32 Å². The first-order valence-electron chi connectivity index (χ1n) is 4.44. The second-order valence-corrected chi connectivity index (χ2v) is 3.06. The lowest BCUT2D eigenvalue weighted by molar-refractivity contribution is 0.584. The van der Waals surface area contributed by atoms with E-state index < -0.39 is 5.95 Å². The summed E-state index contributed by atoms with van der Waals surface area (Å²) < 4.78 is 14.3. The second kappa shape index (κ2) is 4.04. The number of aryl methyl sites for hydroxylation is 1. The van der Waals surface area contributed by atoms with Gasteiger partial charge in [-0.15, -0.1) is 0 Å². The Hall–Kier alpha value is -1.98. The van der Waals surface area contributed by atoms with Crippen LogP contribution in [0.4, 0.5) is 10.1 Å². The molecule has 0 fully saturated rings. The Morgan fingerprint density at radius 2 is 2.33 bits per heavy atom. The van der Waals surface area contributed by atoms with Crippen LogP contribution in [0, 0.1) is 5.95 Å². The molecule has 0 atom stereocenters. The number of pyridine rings is 1. The maximum absolute atomic E-state index is 12.7. The molecule has 2 aromatic rings. The molecule has 2 heterocycles. The van der Waals surface area contributed by atoms with Crippen LogP contribution in [0.15, 0.2) is 24.7 Å². The molecule has 0 saturated heterocycles. The molecule has 0 bridgehead atoms. The van der Waals surface area contributed by atoms with Crippen molar-refractivity contribution in [3.8, 4) is 0 Å². The van der Waals surface area contributed by atoms with Crippen molar-refractivity contribution in [3.05, 3.63) is 36.4 Å². The molecule has 0 spiro atoms. The number of aromatic nitrogens is 4. The molecule has 15 heavy (non-hydrogen) atoms. The van der Waals surface area contributed by atoms with Crippen LogP contribution >= 0.6 is 0 Å². The Balaban J connectivity index is 1.99. The van der Waals surface area contributed by atoms with Crippen molar-refractivity contribution in [1.82, 2.24) is 19.7 Å². The lowest BCUT2D eigenvalue weighted by Gasteiger charge is -2.02. The zero-order chi connectivity index (χ0) is 10.7. The predicted molar refractivity (Wildman–Crippen MR) is 52.5 cm³/mol. The van der Waals surface area contributed by atoms with Crippen molar-refractivity contribution >= 4 is 5.69 Å². The van der Waals surface area contributed by atoms with Gasteiger partial charge in [-0.05, 0) is 6.07 Å². The molecule has 1 N–H and O–H groups in total. The molecule has 5 nitrogen and oxygen atoms in total. The normalized spacial score (nSPS) is 10.3. The van der Waals surface area contributed by atoms with Crippen LogP contribution in [0.2, 0.25) is 0 Å². The summed E-state index contributed by atoms with van der Waals surface area (Å²) in [5.74, 6) is 0.156. The standard InChI is InChI=1S/C9H10FN5/c1-15-6-13-9(14-15)5-12-7-2-3-11-8(10)4-7/h2-4,6H,5H2,1H3,(H,11,12). The van der Waals surface area contributed by atoms with E-state index in [0.29, 0.717) is 18.1 Å². The van der Waals surface area contributed by atoms with Gasteiger partial charge in [0.2, 0.25) is 5.95 Å². The van der Waals surface area contributed by atoms with Crippen molar-refractivity contribution in [3.63, 3.8) is 0 Å². The van der Waals surface area contributed by atoms with Gasteiger partial charge in [-0.25, -0.2) is 9.97 Å². The summed E-state index contributed by atoms with van der Waals surface area (Å²) in [5.41, 5.74) is 0.662. The van der Waals surface area contributed by atoms with Gasteiger partial charge in [0.15, 0.2) is 5.82 Å². The summed E-state index contributed by atoms with van der Waals surface area (Å²) in [6.45, 7) is 0.463. The van der Waals surface area contributed by atoms with Gasteiger partial charge >= 0.3 is 0 Å². The number of nitrogens with zero attached hydrogens (tertiary/aromatic N) is 4. The fourth-order valence-electron chi connectivity index (χ4n) is 1.16. The van der Waals surface area contributed by atoms with E-state index in [9.17, 15) is 4.39 Å². The van der Waals surface area contributed by atoms with E-state index >= 15 is 0 Å². The van der Waals surface area contributed by atoms with Gasteiger partial charge in [0.05, 0.1) is 6.54 Å². The molecule has 6 heteroatoms. The first-order valence-corrected chi connectivity index (χ1v) is 4.44. The van der Waals surface area contributed by atoms with Crippen molar-refractivity contribution in [2.24, 2.45) is 7.05 Å². The molecule has 0 unspecified atom stereocenters. The zero-order valence-corrected chi connectivity index (χ0v) is 8.18. The van der Waals surface area contributed by atoms with Gasteiger partial charge in [0.1, 0.15) is 6.33 Å². The van der Waals surface area contributed by atoms with Gasteiger partial charge in [-0.2, -0.15) is 9.49 Å². The van der Waals surface area contributed by atoms with Crippen molar-refractivity contribution in [1.29, 1.82) is 0 Å². The highest BCUT2D eigenvalue weighted by atomic mass is 19.1. The number of rotatable bonds is 3. The minimum absolute atomic E-state index is 0.463. The lowest BCUT2D eigenvalue weighted by Crippen LogP contribution is -2.02. The van der Waals surface area contributed by atoms with Gasteiger partial charge in [0.25, 0.3) is 0 Å². The summed E-state index contributed by atoms with van der Waals surface area (Å²) in [7, 11) is 1.79. The Morgan fingerprint density at radius 1 is 1.47 bits per heavy atom. The van der Waals surface area contributed by atoms with Gasteiger partial charge in [-0.1, -0.05) is 0 Å². The van der Waals surface area contributed by atoms with E-state index in [-0.39, 0.29) is 0 Å². The molecule has 0 aliphatic carbocycles. The first kappa shape index (κ1) is 9.57. The van der Waals surface area contributed by atoms with Crippen LogP contribution in [0.5, 0.6) is 0 Å². The summed E-state index contributed by atoms with van der Waals surface area (Å²) in [5, 5.41) is 7.08. The Morgan fingerprint density at radius 3 is 3.00 bits per heavy atom. The molecule has 0 aromatic carbocycles. The first-order chi connectivity index (χ1) is 7.24. The van der Waals surface area contributed by atoms with Crippen LogP contribution in [0.25, 0.3) is 0 Å². The molecular formula is C9H10FN5. The maximum atomic E-state index is 12.7. The second-order valence-electron chi connectivity index (χ2n) is 3.06. The number of hydrogen-bond acceptors (Lipinski definition) is 4. The highest BCUT2D eigenvalue weighted by Gasteiger charge is 1.99. The Labute approximate surface area is 86.0 Å². The fraction of sp³-hybridized carbons (Fsp3) is 0.222. The van der Waals surface area contributed by atoms with E-state index in [2.05, 4.69) is 20.4 Å². The highest BCUT2D eigenvalue weighted by Crippen LogP contribution is 2.07. The Kier molecular flexibility index (Phi) is 2.57. The zero-order valence-electron chi connectivity index (χ0n) is 8.18. The van der Waals surface area contributed by atoms with E-state index in [4.69, 9.17) is 0 Å². The van der Waals surface area contributed by atoms with E-state index in [0.717, 1.165) is 0 Å². The van der Waals surface area contributed by atoms with Gasteiger partial charge in [-0.3, -0.25) is 4.68 Å². The van der Waals surface area contributed by atoms with Crippen LogP contribution in [-0.2, 0) is 13.6 Å². The Bertz CT molecular complexity index is 453. The molecular weight excluding hydrogens is 197 g/mol. The van der Waals surface area contributed by atoms with Crippen LogP contribution in [0.3, 0.4) is 0 Å². The summed E-state index contributed by atoms with van der Waals surface area (Å²) in [6, 6.07) is 3.01. The van der Waals surface area contributed by atoms with Crippen molar-refractivity contribution in [2.45, 2.75) is 6.54 Å². The smallest absolute Gasteiger partial charge is 0.214 e. The lowest BCUT2D eigenvalue weighted by atomic mass is 10.4. The average molecular weight is 207 g/mol. The topological polar surface area (TPSA) is 55.6 Å². The molecule has 0 aliphatic rings. The summed E-state index contributed by atoms with van der Waals surface area (Å²) >= 11 is 0. The molecule has 2 aromatic heterocycles. The quantitative estimate of drug-likeness (QED) is 0.762. The SMILES string of the molecule is Cn1cnc(CNc2ccnc(F)c2)n1. The molecule has 0 radical (unpaired) electrons. The van der Waals surface area contributed by atoms with Crippen molar-refractivity contribution < 1.29 is 4.39 Å². The monoisotopic (exact) mass is 207 g/mol. The molecule has 0 aliphatic heterocycles. The molecule has 78 valence electrons. The molecule has 2 rings (SSSR count). The fourth-order valence-corrected chi connectivity index (χ4v) is 1.16. The predicted octanol–water partition coefficient (Wildman–Crippen LogP) is 0.961. The van der Waals surface area contributed by atoms with E-state index in [1.807, 2.05) is 0 Å². The third-order valence-electron chi connectivity index (χ3n) is 1.82. The van der Waals surface area contributed by atoms with E-state index in [1.54, 1.807) is 24.1 Å². The number of anilines is 1.